The minimum absolute atomic E-state index is 0.0183. The molecule has 0 aromatic heterocycles. The predicted molar refractivity (Wildman–Crippen MR) is 125 cm³/mol. The lowest BCUT2D eigenvalue weighted by molar-refractivity contribution is -0.0886. The van der Waals surface area contributed by atoms with Gasteiger partial charge in [0, 0.05) is 11.5 Å². The summed E-state index contributed by atoms with van der Waals surface area (Å²) in [5, 5.41) is 21.2. The van der Waals surface area contributed by atoms with Gasteiger partial charge in [-0.3, -0.25) is 4.55 Å². The van der Waals surface area contributed by atoms with Crippen molar-refractivity contribution in [2.24, 2.45) is 10.8 Å². The van der Waals surface area contributed by atoms with Gasteiger partial charge in [0.05, 0.1) is 11.9 Å². The lowest BCUT2D eigenvalue weighted by Gasteiger charge is -2.62. The van der Waals surface area contributed by atoms with Crippen molar-refractivity contribution in [1.82, 2.24) is 4.90 Å². The number of likely N-dealkylation sites (tertiary alicyclic amines) is 1. The topological polar surface area (TPSA) is 98.1 Å². The summed E-state index contributed by atoms with van der Waals surface area (Å²) >= 11 is 0. The molecule has 2 aliphatic rings. The van der Waals surface area contributed by atoms with E-state index in [9.17, 15) is 18.6 Å². The highest BCUT2D eigenvalue weighted by atomic mass is 32.2. The second-order valence-corrected chi connectivity index (χ2v) is 12.8. The van der Waals surface area contributed by atoms with E-state index in [2.05, 4.69) is 52.6 Å². The van der Waals surface area contributed by atoms with Crippen LogP contribution in [0.4, 0.5) is 0 Å². The maximum Gasteiger partial charge on any atom is 0.261 e. The number of phenolic OH excluding ortho intramolecular Hbond substituents is 1. The van der Waals surface area contributed by atoms with Crippen LogP contribution in [-0.4, -0.2) is 59.6 Å². The van der Waals surface area contributed by atoms with Crippen molar-refractivity contribution < 1.29 is 23.2 Å². The van der Waals surface area contributed by atoms with Gasteiger partial charge in [-0.2, -0.15) is 8.42 Å². The summed E-state index contributed by atoms with van der Waals surface area (Å²) in [4.78, 5) is 2.52. The molecule has 3 rings (SSSR count). The molecule has 0 radical (unpaired) electrons. The van der Waals surface area contributed by atoms with Gasteiger partial charge in [0.2, 0.25) is 0 Å². The average Bonchev–Trinajstić information content (AvgIpc) is 2.58. The second kappa shape index (κ2) is 8.32. The zero-order valence-electron chi connectivity index (χ0n) is 20.4. The standard InChI is InChI=1S/C23H37NO2.CH4O3S/c1-20(2,3)23(6,26)11-10-22(5)19-14-16-8-9-17(25)15-18(16)21(22,4)12-13-24(19)7;1-5(2,3)4/h8-9,15,19,25-26H,10-14H2,1-7H3;1H3,(H,2,3,4)/t19-,21-,22-,23?;/m1./s1. The third-order valence-corrected chi connectivity index (χ3v) is 8.34. The van der Waals surface area contributed by atoms with Gasteiger partial charge in [0.25, 0.3) is 10.1 Å². The fraction of sp³-hybridized carbons (Fsp3) is 0.750. The molecule has 31 heavy (non-hydrogen) atoms. The third-order valence-electron chi connectivity index (χ3n) is 8.34. The van der Waals surface area contributed by atoms with E-state index in [1.807, 2.05) is 19.1 Å². The van der Waals surface area contributed by atoms with E-state index in [0.29, 0.717) is 18.0 Å². The molecule has 1 aliphatic heterocycles. The van der Waals surface area contributed by atoms with Gasteiger partial charge in [-0.1, -0.05) is 40.7 Å². The molecule has 1 aliphatic carbocycles. The summed E-state index contributed by atoms with van der Waals surface area (Å²) < 4.78 is 25.9. The van der Waals surface area contributed by atoms with Gasteiger partial charge in [0.1, 0.15) is 5.75 Å². The maximum absolute atomic E-state index is 11.1. The Bertz CT molecular complexity index is 897. The quantitative estimate of drug-likeness (QED) is 0.596. The minimum Gasteiger partial charge on any atom is -0.508 e. The maximum atomic E-state index is 11.1. The lowest BCUT2D eigenvalue weighted by atomic mass is 9.48. The largest absolute Gasteiger partial charge is 0.508 e. The number of hydrogen-bond donors (Lipinski definition) is 3. The van der Waals surface area contributed by atoms with Crippen molar-refractivity contribution in [1.29, 1.82) is 0 Å². The highest BCUT2D eigenvalue weighted by Crippen LogP contribution is 2.59. The summed E-state index contributed by atoms with van der Waals surface area (Å²) in [6, 6.07) is 6.40. The first kappa shape index (κ1) is 26.1. The van der Waals surface area contributed by atoms with Gasteiger partial charge in [0.15, 0.2) is 0 Å². The molecule has 2 bridgehead atoms. The lowest BCUT2D eigenvalue weighted by Crippen LogP contribution is -2.64. The normalized spacial score (nSPS) is 30.6. The fourth-order valence-corrected chi connectivity index (χ4v) is 5.30. The van der Waals surface area contributed by atoms with Crippen molar-refractivity contribution in [3.63, 3.8) is 0 Å². The number of piperidine rings is 1. The highest BCUT2D eigenvalue weighted by molar-refractivity contribution is 7.85. The van der Waals surface area contributed by atoms with Crippen LogP contribution in [-0.2, 0) is 22.0 Å². The Kier molecular flexibility index (Phi) is 7.01. The molecular formula is C24H41NO5S. The zero-order valence-corrected chi connectivity index (χ0v) is 21.2. The first-order chi connectivity index (χ1) is 13.8. The van der Waals surface area contributed by atoms with Crippen molar-refractivity contribution in [3.05, 3.63) is 29.3 Å². The molecule has 1 aromatic rings. The van der Waals surface area contributed by atoms with Crippen LogP contribution in [0.1, 0.15) is 71.9 Å². The number of aromatic hydroxyl groups is 1. The van der Waals surface area contributed by atoms with Crippen LogP contribution in [0.3, 0.4) is 0 Å². The smallest absolute Gasteiger partial charge is 0.261 e. The van der Waals surface area contributed by atoms with E-state index in [4.69, 9.17) is 4.55 Å². The molecule has 3 N–H and O–H groups in total. The van der Waals surface area contributed by atoms with Gasteiger partial charge < -0.3 is 15.1 Å². The average molecular weight is 456 g/mol. The number of hydrogen-bond acceptors (Lipinski definition) is 5. The molecule has 0 amide bonds. The number of phenols is 1. The Morgan fingerprint density at radius 3 is 2.26 bits per heavy atom. The first-order valence-electron chi connectivity index (χ1n) is 11.0. The molecule has 4 atom stereocenters. The molecule has 0 saturated carbocycles. The molecule has 1 fully saturated rings. The van der Waals surface area contributed by atoms with E-state index >= 15 is 0 Å². The van der Waals surface area contributed by atoms with Crippen LogP contribution in [0, 0.1) is 10.8 Å². The van der Waals surface area contributed by atoms with Gasteiger partial charge in [-0.15, -0.1) is 0 Å². The number of aliphatic hydroxyl groups is 1. The zero-order chi connectivity index (χ0) is 24.0. The highest BCUT2D eigenvalue weighted by Gasteiger charge is 2.58. The fourth-order valence-electron chi connectivity index (χ4n) is 5.30. The molecule has 1 heterocycles. The molecule has 178 valence electrons. The Morgan fingerprint density at radius 1 is 1.19 bits per heavy atom. The number of fused-ring (bicyclic) bond motifs is 4. The Balaban J connectivity index is 0.000000614. The molecule has 0 spiro atoms. The summed E-state index contributed by atoms with van der Waals surface area (Å²) in [7, 11) is -1.42. The Hall–Kier alpha value is -1.15. The van der Waals surface area contributed by atoms with E-state index in [0.717, 1.165) is 32.2 Å². The van der Waals surface area contributed by atoms with Crippen molar-refractivity contribution in [2.45, 2.75) is 84.3 Å². The monoisotopic (exact) mass is 455 g/mol. The summed E-state index contributed by atoms with van der Waals surface area (Å²) in [6.07, 6.45) is 4.60. The predicted octanol–water partition coefficient (Wildman–Crippen LogP) is 4.00. The summed E-state index contributed by atoms with van der Waals surface area (Å²) in [5.41, 5.74) is 1.94. The minimum atomic E-state index is -3.67. The van der Waals surface area contributed by atoms with E-state index in [-0.39, 0.29) is 16.2 Å². The number of nitrogens with zero attached hydrogens (tertiary/aromatic N) is 1. The number of benzene rings is 1. The van der Waals surface area contributed by atoms with Crippen LogP contribution in [0.5, 0.6) is 5.75 Å². The van der Waals surface area contributed by atoms with Gasteiger partial charge >= 0.3 is 0 Å². The Morgan fingerprint density at radius 2 is 1.74 bits per heavy atom. The SMILES string of the molecule is CN1CC[C@]2(C)c3cc(O)ccc3C[C@@H]1[C@@]2(C)CCC(C)(O)C(C)(C)C.CS(=O)(=O)O. The van der Waals surface area contributed by atoms with Crippen LogP contribution in [0.2, 0.25) is 0 Å². The first-order valence-corrected chi connectivity index (χ1v) is 12.8. The van der Waals surface area contributed by atoms with Crippen LogP contribution >= 0.6 is 0 Å². The molecular weight excluding hydrogens is 414 g/mol. The second-order valence-electron chi connectivity index (χ2n) is 11.3. The van der Waals surface area contributed by atoms with Crippen molar-refractivity contribution in [2.75, 3.05) is 19.8 Å². The van der Waals surface area contributed by atoms with E-state index in [1.54, 1.807) is 0 Å². The molecule has 1 unspecified atom stereocenters. The molecule has 1 saturated heterocycles. The van der Waals surface area contributed by atoms with Crippen LogP contribution in [0.25, 0.3) is 0 Å². The van der Waals surface area contributed by atoms with Crippen molar-refractivity contribution in [3.8, 4) is 5.75 Å². The molecule has 7 heteroatoms. The van der Waals surface area contributed by atoms with Gasteiger partial charge in [-0.05, 0) is 80.3 Å². The van der Waals surface area contributed by atoms with Crippen LogP contribution < -0.4 is 0 Å². The van der Waals surface area contributed by atoms with Crippen molar-refractivity contribution >= 4 is 10.1 Å². The van der Waals surface area contributed by atoms with Gasteiger partial charge in [-0.25, -0.2) is 0 Å². The number of likely N-dealkylation sites (N-methyl/N-ethyl adjacent to an activating group) is 1. The van der Waals surface area contributed by atoms with E-state index < -0.39 is 15.7 Å². The third kappa shape index (κ3) is 5.27. The van der Waals surface area contributed by atoms with E-state index in [1.165, 1.54) is 11.1 Å². The Labute approximate surface area is 188 Å². The van der Waals surface area contributed by atoms with Crippen LogP contribution in [0.15, 0.2) is 18.2 Å². The molecule has 6 nitrogen and oxygen atoms in total. The number of rotatable bonds is 3. The summed E-state index contributed by atoms with van der Waals surface area (Å²) in [6.45, 7) is 14.2. The molecule has 1 aromatic carbocycles. The summed E-state index contributed by atoms with van der Waals surface area (Å²) in [5.74, 6) is 0.367.